The van der Waals surface area contributed by atoms with Crippen LogP contribution in [-0.2, 0) is 12.8 Å². The number of aryl methyl sites for hydroxylation is 2. The van der Waals surface area contributed by atoms with Crippen molar-refractivity contribution in [3.63, 3.8) is 0 Å². The molecule has 22 heavy (non-hydrogen) atoms. The van der Waals surface area contributed by atoms with Gasteiger partial charge in [-0.2, -0.15) is 0 Å². The maximum Gasteiger partial charge on any atom is 0.251 e. The fraction of sp³-hybridized carbons (Fsp3) is 0.611. The topological polar surface area (TPSA) is 44.4 Å². The molecule has 1 fully saturated rings. The smallest absolute Gasteiger partial charge is 0.251 e. The lowest BCUT2D eigenvalue weighted by Gasteiger charge is -2.27. The Morgan fingerprint density at radius 2 is 1.91 bits per heavy atom. The summed E-state index contributed by atoms with van der Waals surface area (Å²) in [6.07, 6.45) is 5.85. The second-order valence-electron chi connectivity index (χ2n) is 6.39. The Kier molecular flexibility index (Phi) is 5.46. The average molecular weight is 301 g/mol. The Hall–Kier alpha value is -1.39. The van der Waals surface area contributed by atoms with E-state index in [0.717, 1.165) is 57.7 Å². The average Bonchev–Trinajstić information content (AvgIpc) is 2.59. The number of nitrogens with zero attached hydrogens (tertiary/aromatic N) is 1. The standard InChI is InChI=1S/C18H27N3O/c22-18(20-8-3-11-21-12-9-19-10-13-21)17-7-6-15-4-1-2-5-16(15)14-17/h6-7,14,19H,1-5,8-13H2,(H,20,22). The van der Waals surface area contributed by atoms with Crippen molar-refractivity contribution in [3.05, 3.63) is 34.9 Å². The molecule has 120 valence electrons. The van der Waals surface area contributed by atoms with Crippen LogP contribution in [0.1, 0.15) is 40.7 Å². The van der Waals surface area contributed by atoms with Gasteiger partial charge in [0.15, 0.2) is 0 Å². The van der Waals surface area contributed by atoms with Crippen LogP contribution in [-0.4, -0.2) is 50.1 Å². The zero-order valence-electron chi connectivity index (χ0n) is 13.4. The van der Waals surface area contributed by atoms with Gasteiger partial charge >= 0.3 is 0 Å². The molecule has 1 aromatic carbocycles. The minimum absolute atomic E-state index is 0.0775. The first-order chi connectivity index (χ1) is 10.8. The van der Waals surface area contributed by atoms with Crippen molar-refractivity contribution in [1.29, 1.82) is 0 Å². The molecule has 4 heteroatoms. The number of carbonyl (C=O) groups excluding carboxylic acids is 1. The Balaban J connectivity index is 1.43. The predicted molar refractivity (Wildman–Crippen MR) is 89.3 cm³/mol. The third kappa shape index (κ3) is 4.08. The number of hydrogen-bond donors (Lipinski definition) is 2. The molecule has 0 saturated carbocycles. The summed E-state index contributed by atoms with van der Waals surface area (Å²) in [5.41, 5.74) is 3.63. The summed E-state index contributed by atoms with van der Waals surface area (Å²) in [7, 11) is 0. The van der Waals surface area contributed by atoms with Crippen LogP contribution in [0.3, 0.4) is 0 Å². The van der Waals surface area contributed by atoms with Crippen LogP contribution in [0.2, 0.25) is 0 Å². The summed E-state index contributed by atoms with van der Waals surface area (Å²) in [6.45, 7) is 6.26. The Morgan fingerprint density at radius 3 is 2.73 bits per heavy atom. The van der Waals surface area contributed by atoms with Gasteiger partial charge in [0.25, 0.3) is 5.91 Å². The summed E-state index contributed by atoms with van der Waals surface area (Å²) < 4.78 is 0. The highest BCUT2D eigenvalue weighted by Gasteiger charge is 2.13. The summed E-state index contributed by atoms with van der Waals surface area (Å²) in [6, 6.07) is 6.22. The van der Waals surface area contributed by atoms with Gasteiger partial charge in [-0.15, -0.1) is 0 Å². The van der Waals surface area contributed by atoms with E-state index in [1.54, 1.807) is 0 Å². The van der Waals surface area contributed by atoms with Crippen molar-refractivity contribution < 1.29 is 4.79 Å². The molecule has 0 unspecified atom stereocenters. The second kappa shape index (κ2) is 7.75. The van der Waals surface area contributed by atoms with Gasteiger partial charge in [0.05, 0.1) is 0 Å². The highest BCUT2D eigenvalue weighted by molar-refractivity contribution is 5.94. The first kappa shape index (κ1) is 15.5. The maximum atomic E-state index is 12.2. The van der Waals surface area contributed by atoms with Crippen molar-refractivity contribution in [2.24, 2.45) is 0 Å². The molecule has 1 amide bonds. The number of rotatable bonds is 5. The zero-order valence-corrected chi connectivity index (χ0v) is 13.4. The van der Waals surface area contributed by atoms with Gasteiger partial charge < -0.3 is 15.5 Å². The summed E-state index contributed by atoms with van der Waals surface area (Å²) in [4.78, 5) is 14.7. The molecule has 0 spiro atoms. The van der Waals surface area contributed by atoms with E-state index in [9.17, 15) is 4.79 Å². The van der Waals surface area contributed by atoms with Crippen LogP contribution in [0.25, 0.3) is 0 Å². The van der Waals surface area contributed by atoms with Crippen molar-refractivity contribution in [2.75, 3.05) is 39.3 Å². The van der Waals surface area contributed by atoms with Crippen molar-refractivity contribution in [3.8, 4) is 0 Å². The normalized spacial score (nSPS) is 18.7. The minimum atomic E-state index is 0.0775. The van der Waals surface area contributed by atoms with Crippen LogP contribution in [0.15, 0.2) is 18.2 Å². The fourth-order valence-electron chi connectivity index (χ4n) is 3.42. The molecule has 1 aliphatic heterocycles. The highest BCUT2D eigenvalue weighted by Crippen LogP contribution is 2.22. The quantitative estimate of drug-likeness (QED) is 0.812. The first-order valence-corrected chi connectivity index (χ1v) is 8.66. The number of carbonyl (C=O) groups is 1. The van der Waals surface area contributed by atoms with Crippen molar-refractivity contribution in [2.45, 2.75) is 32.1 Å². The molecule has 4 nitrogen and oxygen atoms in total. The number of benzene rings is 1. The lowest BCUT2D eigenvalue weighted by molar-refractivity contribution is 0.0951. The van der Waals surface area contributed by atoms with Crippen LogP contribution >= 0.6 is 0 Å². The van der Waals surface area contributed by atoms with Gasteiger partial charge in [-0.05, 0) is 61.9 Å². The van der Waals surface area contributed by atoms with Crippen LogP contribution in [0.4, 0.5) is 0 Å². The number of nitrogens with one attached hydrogen (secondary N) is 2. The van der Waals surface area contributed by atoms with Crippen LogP contribution in [0, 0.1) is 0 Å². The van der Waals surface area contributed by atoms with E-state index in [-0.39, 0.29) is 5.91 Å². The minimum Gasteiger partial charge on any atom is -0.352 e. The maximum absolute atomic E-state index is 12.2. The van der Waals surface area contributed by atoms with E-state index in [2.05, 4.69) is 27.7 Å². The molecular formula is C18H27N3O. The fourth-order valence-corrected chi connectivity index (χ4v) is 3.42. The molecule has 0 radical (unpaired) electrons. The number of piperazine rings is 1. The first-order valence-electron chi connectivity index (χ1n) is 8.66. The SMILES string of the molecule is O=C(NCCCN1CCNCC1)c1ccc2c(c1)CCCC2. The molecule has 1 aliphatic carbocycles. The Morgan fingerprint density at radius 1 is 1.14 bits per heavy atom. The number of fused-ring (bicyclic) bond motifs is 1. The van der Waals surface area contributed by atoms with Gasteiger partial charge in [0.1, 0.15) is 0 Å². The highest BCUT2D eigenvalue weighted by atomic mass is 16.1. The van der Waals surface area contributed by atoms with Gasteiger partial charge in [0, 0.05) is 38.3 Å². The lowest BCUT2D eigenvalue weighted by atomic mass is 9.90. The zero-order chi connectivity index (χ0) is 15.2. The van der Waals surface area contributed by atoms with Gasteiger partial charge in [0.2, 0.25) is 0 Å². The van der Waals surface area contributed by atoms with Crippen LogP contribution in [0.5, 0.6) is 0 Å². The van der Waals surface area contributed by atoms with Gasteiger partial charge in [-0.3, -0.25) is 4.79 Å². The predicted octanol–water partition coefficient (Wildman–Crippen LogP) is 1.59. The lowest BCUT2D eigenvalue weighted by Crippen LogP contribution is -2.44. The van der Waals surface area contributed by atoms with E-state index < -0.39 is 0 Å². The number of amides is 1. The molecule has 0 bridgehead atoms. The van der Waals surface area contributed by atoms with E-state index in [4.69, 9.17) is 0 Å². The Labute approximate surface area is 133 Å². The summed E-state index contributed by atoms with van der Waals surface area (Å²) in [5.74, 6) is 0.0775. The van der Waals surface area contributed by atoms with E-state index >= 15 is 0 Å². The third-order valence-electron chi connectivity index (χ3n) is 4.76. The molecule has 1 aromatic rings. The molecule has 1 heterocycles. The van der Waals surface area contributed by atoms with Crippen molar-refractivity contribution in [1.82, 2.24) is 15.5 Å². The molecule has 2 N–H and O–H groups in total. The molecule has 0 atom stereocenters. The largest absolute Gasteiger partial charge is 0.352 e. The molecule has 1 saturated heterocycles. The van der Waals surface area contributed by atoms with Gasteiger partial charge in [-0.1, -0.05) is 6.07 Å². The van der Waals surface area contributed by atoms with Crippen molar-refractivity contribution >= 4 is 5.91 Å². The molecular weight excluding hydrogens is 274 g/mol. The summed E-state index contributed by atoms with van der Waals surface area (Å²) >= 11 is 0. The third-order valence-corrected chi connectivity index (χ3v) is 4.76. The monoisotopic (exact) mass is 301 g/mol. The van der Waals surface area contributed by atoms with E-state index in [0.29, 0.717) is 0 Å². The molecule has 3 rings (SSSR count). The molecule has 2 aliphatic rings. The summed E-state index contributed by atoms with van der Waals surface area (Å²) in [5, 5.41) is 6.42. The Bertz CT molecular complexity index is 509. The second-order valence-corrected chi connectivity index (χ2v) is 6.39. The van der Waals surface area contributed by atoms with E-state index in [1.165, 1.54) is 30.4 Å². The molecule has 0 aromatic heterocycles. The van der Waals surface area contributed by atoms with Gasteiger partial charge in [-0.25, -0.2) is 0 Å². The number of hydrogen-bond acceptors (Lipinski definition) is 3. The van der Waals surface area contributed by atoms with E-state index in [1.807, 2.05) is 6.07 Å². The van der Waals surface area contributed by atoms with Crippen LogP contribution < -0.4 is 10.6 Å².